The van der Waals surface area contributed by atoms with Crippen molar-refractivity contribution in [1.82, 2.24) is 4.98 Å². The largest absolute Gasteiger partial charge is 0.481 e. The maximum Gasteiger partial charge on any atom is 0.307 e. The van der Waals surface area contributed by atoms with Crippen molar-refractivity contribution < 1.29 is 9.90 Å². The number of pyridine rings is 1. The third-order valence-corrected chi connectivity index (χ3v) is 2.67. The van der Waals surface area contributed by atoms with Crippen molar-refractivity contribution in [3.8, 4) is 0 Å². The summed E-state index contributed by atoms with van der Waals surface area (Å²) >= 11 is 5.96. The molecule has 0 spiro atoms. The highest BCUT2D eigenvalue weighted by atomic mass is 35.5. The number of hydrogen-bond donors (Lipinski definition) is 1. The average molecular weight is 236 g/mol. The lowest BCUT2D eigenvalue weighted by Gasteiger charge is -2.06. The highest BCUT2D eigenvalue weighted by Gasteiger charge is 2.09. The number of carboxylic acid groups (broad SMARTS) is 1. The standard InChI is InChI=1S/C12H10ClNO2/c1-7-2-3-14-12-8(5-11(15)16)4-9(13)6-10(7)12/h2-4,6H,5H2,1H3,(H,15,16). The van der Waals surface area contributed by atoms with Crippen LogP contribution in [0.5, 0.6) is 0 Å². The minimum absolute atomic E-state index is 0.0620. The fraction of sp³-hybridized carbons (Fsp3) is 0.167. The van der Waals surface area contributed by atoms with Crippen molar-refractivity contribution in [3.05, 3.63) is 40.5 Å². The van der Waals surface area contributed by atoms with Crippen LogP contribution in [0.15, 0.2) is 24.4 Å². The van der Waals surface area contributed by atoms with Crippen LogP contribution in [0.2, 0.25) is 5.02 Å². The summed E-state index contributed by atoms with van der Waals surface area (Å²) in [5.41, 5.74) is 2.41. The van der Waals surface area contributed by atoms with Crippen molar-refractivity contribution in [2.75, 3.05) is 0 Å². The van der Waals surface area contributed by atoms with Gasteiger partial charge in [0.25, 0.3) is 0 Å². The zero-order valence-electron chi connectivity index (χ0n) is 8.70. The van der Waals surface area contributed by atoms with Gasteiger partial charge >= 0.3 is 5.97 Å². The highest BCUT2D eigenvalue weighted by molar-refractivity contribution is 6.31. The highest BCUT2D eigenvalue weighted by Crippen LogP contribution is 2.25. The zero-order valence-corrected chi connectivity index (χ0v) is 9.45. The van der Waals surface area contributed by atoms with Gasteiger partial charge in [0.2, 0.25) is 0 Å². The van der Waals surface area contributed by atoms with E-state index in [9.17, 15) is 4.79 Å². The predicted molar refractivity (Wildman–Crippen MR) is 62.8 cm³/mol. The Morgan fingerprint density at radius 1 is 1.50 bits per heavy atom. The molecule has 2 rings (SSSR count). The molecule has 3 nitrogen and oxygen atoms in total. The Labute approximate surface area is 97.7 Å². The molecule has 0 fully saturated rings. The Bertz CT molecular complexity index is 566. The van der Waals surface area contributed by atoms with E-state index < -0.39 is 5.97 Å². The topological polar surface area (TPSA) is 50.2 Å². The van der Waals surface area contributed by atoms with E-state index in [4.69, 9.17) is 16.7 Å². The molecule has 0 saturated carbocycles. The number of aromatic nitrogens is 1. The molecule has 0 amide bonds. The molecule has 0 saturated heterocycles. The normalized spacial score (nSPS) is 10.6. The third-order valence-electron chi connectivity index (χ3n) is 2.45. The van der Waals surface area contributed by atoms with E-state index in [-0.39, 0.29) is 6.42 Å². The number of fused-ring (bicyclic) bond motifs is 1. The van der Waals surface area contributed by atoms with Crippen molar-refractivity contribution in [2.24, 2.45) is 0 Å². The number of benzene rings is 1. The van der Waals surface area contributed by atoms with Gasteiger partial charge in [-0.25, -0.2) is 0 Å². The molecule has 82 valence electrons. The molecular formula is C12H10ClNO2. The van der Waals surface area contributed by atoms with Crippen LogP contribution < -0.4 is 0 Å². The summed E-state index contributed by atoms with van der Waals surface area (Å²) in [6.45, 7) is 1.95. The Morgan fingerprint density at radius 2 is 2.25 bits per heavy atom. The van der Waals surface area contributed by atoms with Gasteiger partial charge in [0.05, 0.1) is 11.9 Å². The lowest BCUT2D eigenvalue weighted by molar-refractivity contribution is -0.136. The minimum atomic E-state index is -0.883. The van der Waals surface area contributed by atoms with Crippen LogP contribution in [0.25, 0.3) is 10.9 Å². The predicted octanol–water partition coefficient (Wildman–Crippen LogP) is 2.82. The first-order valence-electron chi connectivity index (χ1n) is 4.83. The van der Waals surface area contributed by atoms with Gasteiger partial charge in [-0.3, -0.25) is 9.78 Å². The maximum atomic E-state index is 10.7. The van der Waals surface area contributed by atoms with Gasteiger partial charge in [-0.15, -0.1) is 0 Å². The Balaban J connectivity index is 2.72. The molecular weight excluding hydrogens is 226 g/mol. The summed E-state index contributed by atoms with van der Waals surface area (Å²) in [5.74, 6) is -0.883. The SMILES string of the molecule is Cc1ccnc2c(CC(=O)O)cc(Cl)cc12. The fourth-order valence-electron chi connectivity index (χ4n) is 1.72. The summed E-state index contributed by atoms with van der Waals surface area (Å²) in [4.78, 5) is 15.0. The van der Waals surface area contributed by atoms with Crippen molar-refractivity contribution in [2.45, 2.75) is 13.3 Å². The van der Waals surface area contributed by atoms with Gasteiger partial charge in [0.15, 0.2) is 0 Å². The molecule has 1 aromatic heterocycles. The Morgan fingerprint density at radius 3 is 2.94 bits per heavy atom. The molecule has 0 atom stereocenters. The fourth-order valence-corrected chi connectivity index (χ4v) is 1.96. The molecule has 2 aromatic rings. The van der Waals surface area contributed by atoms with Gasteiger partial charge < -0.3 is 5.11 Å². The van der Waals surface area contributed by atoms with Gasteiger partial charge in [-0.1, -0.05) is 11.6 Å². The lowest BCUT2D eigenvalue weighted by Crippen LogP contribution is -2.02. The lowest BCUT2D eigenvalue weighted by atomic mass is 10.0. The van der Waals surface area contributed by atoms with Crippen LogP contribution in [-0.4, -0.2) is 16.1 Å². The Kier molecular flexibility index (Phi) is 2.79. The molecule has 1 N–H and O–H groups in total. The molecule has 1 heterocycles. The second-order valence-corrected chi connectivity index (χ2v) is 4.10. The summed E-state index contributed by atoms with van der Waals surface area (Å²) in [5, 5.41) is 10.3. The van der Waals surface area contributed by atoms with Gasteiger partial charge in [-0.05, 0) is 36.2 Å². The van der Waals surface area contributed by atoms with Crippen LogP contribution in [0, 0.1) is 6.92 Å². The second-order valence-electron chi connectivity index (χ2n) is 3.66. The van der Waals surface area contributed by atoms with Crippen LogP contribution in [0.3, 0.4) is 0 Å². The van der Waals surface area contributed by atoms with Gasteiger partial charge in [0, 0.05) is 16.6 Å². The molecule has 0 radical (unpaired) electrons. The molecule has 1 aromatic carbocycles. The average Bonchev–Trinajstić information content (AvgIpc) is 2.18. The van der Waals surface area contributed by atoms with Gasteiger partial charge in [-0.2, -0.15) is 0 Å². The van der Waals surface area contributed by atoms with E-state index >= 15 is 0 Å². The smallest absolute Gasteiger partial charge is 0.307 e. The monoisotopic (exact) mass is 235 g/mol. The van der Waals surface area contributed by atoms with Gasteiger partial charge in [0.1, 0.15) is 0 Å². The number of hydrogen-bond acceptors (Lipinski definition) is 2. The first-order chi connectivity index (χ1) is 7.58. The van der Waals surface area contributed by atoms with Crippen LogP contribution in [0.1, 0.15) is 11.1 Å². The molecule has 0 aliphatic heterocycles. The molecule has 0 aliphatic rings. The zero-order chi connectivity index (χ0) is 11.7. The summed E-state index contributed by atoms with van der Waals surface area (Å²) < 4.78 is 0. The first kappa shape index (κ1) is 10.9. The van der Waals surface area contributed by atoms with Crippen LogP contribution in [-0.2, 0) is 11.2 Å². The number of halogens is 1. The van der Waals surface area contributed by atoms with Crippen LogP contribution in [0.4, 0.5) is 0 Å². The third kappa shape index (κ3) is 1.99. The molecule has 0 bridgehead atoms. The van der Waals surface area contributed by atoms with Crippen molar-refractivity contribution in [1.29, 1.82) is 0 Å². The number of rotatable bonds is 2. The molecule has 4 heteroatoms. The van der Waals surface area contributed by atoms with E-state index in [0.29, 0.717) is 16.1 Å². The number of aliphatic carboxylic acids is 1. The number of nitrogens with zero attached hydrogens (tertiary/aromatic N) is 1. The maximum absolute atomic E-state index is 10.7. The first-order valence-corrected chi connectivity index (χ1v) is 5.21. The van der Waals surface area contributed by atoms with E-state index in [1.54, 1.807) is 12.3 Å². The van der Waals surface area contributed by atoms with E-state index in [2.05, 4.69) is 4.98 Å². The van der Waals surface area contributed by atoms with E-state index in [1.165, 1.54) is 0 Å². The Hall–Kier alpha value is -1.61. The summed E-state index contributed by atoms with van der Waals surface area (Å²) in [6, 6.07) is 5.35. The quantitative estimate of drug-likeness (QED) is 0.871. The van der Waals surface area contributed by atoms with E-state index in [0.717, 1.165) is 10.9 Å². The molecule has 0 unspecified atom stereocenters. The molecule has 16 heavy (non-hydrogen) atoms. The summed E-state index contributed by atoms with van der Waals surface area (Å²) in [7, 11) is 0. The van der Waals surface area contributed by atoms with Crippen molar-refractivity contribution in [3.63, 3.8) is 0 Å². The number of aryl methyl sites for hydroxylation is 1. The number of carboxylic acids is 1. The minimum Gasteiger partial charge on any atom is -0.481 e. The number of carbonyl (C=O) groups is 1. The van der Waals surface area contributed by atoms with Crippen LogP contribution >= 0.6 is 11.6 Å². The molecule has 0 aliphatic carbocycles. The summed E-state index contributed by atoms with van der Waals surface area (Å²) in [6.07, 6.45) is 1.62. The second kappa shape index (κ2) is 4.10. The van der Waals surface area contributed by atoms with Crippen molar-refractivity contribution >= 4 is 28.5 Å². The van der Waals surface area contributed by atoms with E-state index in [1.807, 2.05) is 19.1 Å².